The van der Waals surface area contributed by atoms with Gasteiger partial charge < -0.3 is 15.7 Å². The number of halogens is 1. The number of aliphatic carboxylic acids is 1. The van der Waals surface area contributed by atoms with Crippen LogP contribution in [0.2, 0.25) is 0 Å². The Morgan fingerprint density at radius 3 is 2.67 bits per heavy atom. The van der Waals surface area contributed by atoms with Crippen molar-refractivity contribution >= 4 is 33.5 Å². The highest BCUT2D eigenvalue weighted by molar-refractivity contribution is 9.10. The summed E-state index contributed by atoms with van der Waals surface area (Å²) in [6, 6.07) is 4.74. The Bertz CT molecular complexity index is 523. The first-order valence-corrected chi connectivity index (χ1v) is 5.74. The lowest BCUT2D eigenvalue weighted by Gasteiger charge is -2.18. The van der Waals surface area contributed by atoms with Gasteiger partial charge in [0.2, 0.25) is 0 Å². The van der Waals surface area contributed by atoms with Gasteiger partial charge >= 0.3 is 5.97 Å². The van der Waals surface area contributed by atoms with Crippen LogP contribution in [0, 0.1) is 12.3 Å². The third-order valence-corrected chi connectivity index (χ3v) is 2.63. The van der Waals surface area contributed by atoms with Gasteiger partial charge in [0.05, 0.1) is 12.1 Å². The van der Waals surface area contributed by atoms with Crippen LogP contribution < -0.4 is 5.73 Å². The molecule has 0 fully saturated rings. The number of nitrogens with two attached hydrogens (primary N) is 1. The molecular weight excluding hydrogens is 300 g/mol. The quantitative estimate of drug-likeness (QED) is 0.646. The zero-order valence-electron chi connectivity index (χ0n) is 9.39. The number of nitrogens with zero attached hydrogens (tertiary/aromatic N) is 1. The fraction of sp³-hybridized carbons (Fsp3) is 0.167. The molecule has 18 heavy (non-hydrogen) atoms. The highest BCUT2D eigenvalue weighted by Crippen LogP contribution is 2.19. The number of carbonyl (C=O) groups is 2. The Labute approximate surface area is 113 Å². The summed E-state index contributed by atoms with van der Waals surface area (Å²) in [4.78, 5) is 23.8. The van der Waals surface area contributed by atoms with Gasteiger partial charge in [0, 0.05) is 10.2 Å². The van der Waals surface area contributed by atoms with Crippen molar-refractivity contribution in [1.29, 1.82) is 0 Å². The highest BCUT2D eigenvalue weighted by Gasteiger charge is 2.19. The molecule has 1 aromatic carbocycles. The number of benzene rings is 1. The minimum Gasteiger partial charge on any atom is -0.480 e. The number of carboxylic acid groups (broad SMARTS) is 1. The molecule has 0 unspecified atom stereocenters. The van der Waals surface area contributed by atoms with E-state index in [9.17, 15) is 9.59 Å². The van der Waals surface area contributed by atoms with Crippen LogP contribution in [0.1, 0.15) is 10.4 Å². The molecule has 0 bridgehead atoms. The Balaban J connectivity index is 3.02. The van der Waals surface area contributed by atoms with Crippen LogP contribution in [0.15, 0.2) is 22.7 Å². The van der Waals surface area contributed by atoms with Crippen molar-refractivity contribution in [1.82, 2.24) is 4.90 Å². The lowest BCUT2D eigenvalue weighted by Crippen LogP contribution is -2.36. The van der Waals surface area contributed by atoms with E-state index >= 15 is 0 Å². The summed E-state index contributed by atoms with van der Waals surface area (Å²) >= 11 is 3.22. The molecule has 0 aliphatic carbocycles. The number of hydrogen-bond donors (Lipinski definition) is 2. The first-order chi connectivity index (χ1) is 8.45. The molecule has 0 radical (unpaired) electrons. The normalized spacial score (nSPS) is 9.56. The van der Waals surface area contributed by atoms with Gasteiger partial charge in [-0.25, -0.2) is 0 Å². The van der Waals surface area contributed by atoms with Gasteiger partial charge in [0.15, 0.2) is 0 Å². The lowest BCUT2D eigenvalue weighted by molar-refractivity contribution is -0.137. The lowest BCUT2D eigenvalue weighted by atomic mass is 10.1. The van der Waals surface area contributed by atoms with Crippen LogP contribution in [0.4, 0.5) is 5.69 Å². The van der Waals surface area contributed by atoms with E-state index in [2.05, 4.69) is 21.9 Å². The topological polar surface area (TPSA) is 83.6 Å². The largest absolute Gasteiger partial charge is 0.480 e. The van der Waals surface area contributed by atoms with Gasteiger partial charge in [-0.3, -0.25) is 9.59 Å². The predicted octanol–water partition coefficient (Wildman–Crippen LogP) is 1.19. The fourth-order valence-electron chi connectivity index (χ4n) is 1.37. The summed E-state index contributed by atoms with van der Waals surface area (Å²) in [5, 5.41) is 8.72. The van der Waals surface area contributed by atoms with Crippen LogP contribution in [0.25, 0.3) is 0 Å². The Hall–Kier alpha value is -2.00. The summed E-state index contributed by atoms with van der Waals surface area (Å²) in [5.41, 5.74) is 6.21. The maximum absolute atomic E-state index is 12.1. The van der Waals surface area contributed by atoms with E-state index in [1.165, 1.54) is 6.07 Å². The second-order valence-corrected chi connectivity index (χ2v) is 4.41. The summed E-state index contributed by atoms with van der Waals surface area (Å²) in [6.45, 7) is -0.542. The average Bonchev–Trinajstić information content (AvgIpc) is 2.27. The molecule has 0 aliphatic rings. The van der Waals surface area contributed by atoms with E-state index in [-0.39, 0.29) is 17.8 Å². The van der Waals surface area contributed by atoms with Gasteiger partial charge in [-0.15, -0.1) is 6.42 Å². The third kappa shape index (κ3) is 3.50. The van der Waals surface area contributed by atoms with Crippen molar-refractivity contribution in [3.05, 3.63) is 28.2 Å². The Morgan fingerprint density at radius 1 is 1.50 bits per heavy atom. The van der Waals surface area contributed by atoms with E-state index in [0.29, 0.717) is 0 Å². The zero-order chi connectivity index (χ0) is 13.7. The van der Waals surface area contributed by atoms with E-state index < -0.39 is 18.4 Å². The van der Waals surface area contributed by atoms with Gasteiger partial charge in [-0.2, -0.15) is 0 Å². The van der Waals surface area contributed by atoms with Gasteiger partial charge in [-0.1, -0.05) is 21.9 Å². The number of anilines is 1. The first kappa shape index (κ1) is 14.1. The molecule has 1 rings (SSSR count). The molecule has 0 saturated carbocycles. The molecule has 1 aromatic rings. The predicted molar refractivity (Wildman–Crippen MR) is 70.9 cm³/mol. The molecule has 0 saturated heterocycles. The number of rotatable bonds is 4. The first-order valence-electron chi connectivity index (χ1n) is 4.95. The van der Waals surface area contributed by atoms with Crippen molar-refractivity contribution in [2.75, 3.05) is 18.8 Å². The maximum Gasteiger partial charge on any atom is 0.323 e. The second kappa shape index (κ2) is 6.07. The van der Waals surface area contributed by atoms with Crippen molar-refractivity contribution < 1.29 is 14.7 Å². The molecule has 94 valence electrons. The summed E-state index contributed by atoms with van der Waals surface area (Å²) in [6.07, 6.45) is 5.11. The molecule has 6 heteroatoms. The number of carboxylic acids is 1. The smallest absolute Gasteiger partial charge is 0.323 e. The third-order valence-electron chi connectivity index (χ3n) is 2.14. The molecule has 0 heterocycles. The van der Waals surface area contributed by atoms with Gasteiger partial charge in [-0.05, 0) is 18.2 Å². The monoisotopic (exact) mass is 310 g/mol. The van der Waals surface area contributed by atoms with Crippen molar-refractivity contribution in [3.63, 3.8) is 0 Å². The standard InChI is InChI=1S/C12H11BrN2O3/c1-2-5-15(7-11(16)17)12(18)9-4-3-8(13)6-10(9)14/h1,3-4,6H,5,7,14H2,(H,16,17). The zero-order valence-corrected chi connectivity index (χ0v) is 11.0. The van der Waals surface area contributed by atoms with E-state index in [1.54, 1.807) is 12.1 Å². The van der Waals surface area contributed by atoms with Crippen LogP contribution in [-0.2, 0) is 4.79 Å². The average molecular weight is 311 g/mol. The molecule has 0 aromatic heterocycles. The Kier molecular flexibility index (Phi) is 4.75. The summed E-state index contributed by atoms with van der Waals surface area (Å²) < 4.78 is 0.735. The summed E-state index contributed by atoms with van der Waals surface area (Å²) in [7, 11) is 0. The van der Waals surface area contributed by atoms with Crippen molar-refractivity contribution in [3.8, 4) is 12.3 Å². The number of carbonyl (C=O) groups excluding carboxylic acids is 1. The SMILES string of the molecule is C#CCN(CC(=O)O)C(=O)c1ccc(Br)cc1N. The Morgan fingerprint density at radius 2 is 2.17 bits per heavy atom. The van der Waals surface area contributed by atoms with Crippen LogP contribution in [-0.4, -0.2) is 35.0 Å². The molecule has 0 atom stereocenters. The molecule has 1 amide bonds. The van der Waals surface area contributed by atoms with E-state index in [4.69, 9.17) is 17.3 Å². The van der Waals surface area contributed by atoms with Crippen LogP contribution in [0.3, 0.4) is 0 Å². The van der Waals surface area contributed by atoms with E-state index in [0.717, 1.165) is 9.37 Å². The van der Waals surface area contributed by atoms with Crippen LogP contribution in [0.5, 0.6) is 0 Å². The molecule has 0 aliphatic heterocycles. The fourth-order valence-corrected chi connectivity index (χ4v) is 1.75. The molecular formula is C12H11BrN2O3. The minimum absolute atomic E-state index is 0.0827. The maximum atomic E-state index is 12.1. The van der Waals surface area contributed by atoms with Crippen molar-refractivity contribution in [2.45, 2.75) is 0 Å². The second-order valence-electron chi connectivity index (χ2n) is 3.49. The van der Waals surface area contributed by atoms with Gasteiger partial charge in [0.25, 0.3) is 5.91 Å². The van der Waals surface area contributed by atoms with Crippen LogP contribution >= 0.6 is 15.9 Å². The number of terminal acetylenes is 1. The number of amides is 1. The van der Waals surface area contributed by atoms with Crippen molar-refractivity contribution in [2.24, 2.45) is 0 Å². The highest BCUT2D eigenvalue weighted by atomic mass is 79.9. The number of nitrogen functional groups attached to an aromatic ring is 1. The minimum atomic E-state index is -1.13. The molecule has 0 spiro atoms. The molecule has 3 N–H and O–H groups in total. The van der Waals surface area contributed by atoms with E-state index in [1.807, 2.05) is 0 Å². The summed E-state index contributed by atoms with van der Waals surface area (Å²) in [5.74, 6) is 0.616. The molecule has 5 nitrogen and oxygen atoms in total. The number of hydrogen-bond acceptors (Lipinski definition) is 3. The van der Waals surface area contributed by atoms with Gasteiger partial charge in [0.1, 0.15) is 6.54 Å².